The van der Waals surface area contributed by atoms with E-state index in [2.05, 4.69) is 22.0 Å². The Bertz CT molecular complexity index is 1550. The van der Waals surface area contributed by atoms with E-state index in [1.165, 1.54) is 0 Å². The summed E-state index contributed by atoms with van der Waals surface area (Å²) in [5.41, 5.74) is 3.19. The normalized spacial score (nSPS) is 14.8. The first-order valence-electron chi connectivity index (χ1n) is 14.4. The van der Waals surface area contributed by atoms with Gasteiger partial charge in [0.2, 0.25) is 0 Å². The maximum Gasteiger partial charge on any atom is 0.407 e. The van der Waals surface area contributed by atoms with Crippen molar-refractivity contribution in [2.24, 2.45) is 0 Å². The number of aryl methyl sites for hydroxylation is 1. The second kappa shape index (κ2) is 14.4. The van der Waals surface area contributed by atoms with Gasteiger partial charge in [-0.1, -0.05) is 12.2 Å². The number of alkyl carbamates (subject to hydrolysis) is 1. The van der Waals surface area contributed by atoms with Gasteiger partial charge in [-0.25, -0.2) is 9.48 Å². The van der Waals surface area contributed by atoms with Crippen LogP contribution in [0.15, 0.2) is 66.8 Å². The third-order valence-electron chi connectivity index (χ3n) is 6.60. The number of anilines is 1. The molecule has 2 heterocycles. The number of nitrogens with zero attached hydrogens (tertiary/aromatic N) is 2. The lowest BCUT2D eigenvalue weighted by Gasteiger charge is -2.19. The fourth-order valence-electron chi connectivity index (χ4n) is 4.52. The Morgan fingerprint density at radius 2 is 1.64 bits per heavy atom. The smallest absolute Gasteiger partial charge is 0.407 e. The predicted octanol–water partition coefficient (Wildman–Crippen LogP) is 5.19. The third kappa shape index (κ3) is 8.50. The van der Waals surface area contributed by atoms with Crippen LogP contribution in [0.25, 0.3) is 5.70 Å². The van der Waals surface area contributed by atoms with E-state index >= 15 is 0 Å². The zero-order valence-corrected chi connectivity index (χ0v) is 25.7. The summed E-state index contributed by atoms with van der Waals surface area (Å²) in [6, 6.07) is 14.0. The number of amides is 3. The first-order valence-corrected chi connectivity index (χ1v) is 14.4. The summed E-state index contributed by atoms with van der Waals surface area (Å²) < 4.78 is 17.9. The minimum Gasteiger partial charge on any atom is -0.493 e. The average Bonchev–Trinajstić information content (AvgIpc) is 3.44. The number of methoxy groups -OCH3 is 2. The highest BCUT2D eigenvalue weighted by Crippen LogP contribution is 2.32. The van der Waals surface area contributed by atoms with Crippen molar-refractivity contribution in [3.63, 3.8) is 0 Å². The number of hydrogen-bond donors (Lipinski definition) is 3. The van der Waals surface area contributed by atoms with Crippen LogP contribution in [-0.2, 0) is 11.2 Å². The Kier molecular flexibility index (Phi) is 10.4. The molecule has 3 N–H and O–H groups in total. The van der Waals surface area contributed by atoms with E-state index in [1.807, 2.05) is 36.4 Å². The molecule has 232 valence electrons. The zero-order valence-electron chi connectivity index (χ0n) is 25.7. The number of benzene rings is 2. The first-order chi connectivity index (χ1) is 21.1. The molecule has 1 aliphatic heterocycles. The van der Waals surface area contributed by atoms with Crippen molar-refractivity contribution in [3.8, 4) is 11.5 Å². The molecule has 0 radical (unpaired) electrons. The molecule has 0 fully saturated rings. The fraction of sp³-hybridized carbons (Fsp3) is 0.333. The second-order valence-corrected chi connectivity index (χ2v) is 11.1. The first kappa shape index (κ1) is 31.9. The number of aromatic nitrogens is 2. The van der Waals surface area contributed by atoms with Gasteiger partial charge in [-0.05, 0) is 94.6 Å². The lowest BCUT2D eigenvalue weighted by atomic mass is 10.1. The Morgan fingerprint density at radius 3 is 2.34 bits per heavy atom. The molecule has 2 aromatic carbocycles. The van der Waals surface area contributed by atoms with Gasteiger partial charge in [-0.15, -0.1) is 0 Å². The van der Waals surface area contributed by atoms with Crippen LogP contribution in [0.2, 0.25) is 0 Å². The van der Waals surface area contributed by atoms with Crippen LogP contribution in [0, 0.1) is 0 Å². The number of allylic oxidation sites excluding steroid dienone is 3. The number of carbonyl (C=O) groups excluding carboxylic acids is 3. The van der Waals surface area contributed by atoms with Crippen molar-refractivity contribution in [2.45, 2.75) is 45.6 Å². The van der Waals surface area contributed by atoms with Crippen molar-refractivity contribution in [2.75, 3.05) is 32.6 Å². The number of rotatable bonds is 9. The van der Waals surface area contributed by atoms with Gasteiger partial charge in [0, 0.05) is 35.6 Å². The highest BCUT2D eigenvalue weighted by molar-refractivity contribution is 6.03. The van der Waals surface area contributed by atoms with E-state index in [0.717, 1.165) is 36.2 Å². The monoisotopic (exact) mass is 601 g/mol. The van der Waals surface area contributed by atoms with E-state index in [9.17, 15) is 14.4 Å². The molecule has 0 saturated heterocycles. The van der Waals surface area contributed by atoms with Crippen molar-refractivity contribution < 1.29 is 28.6 Å². The standard InChI is InChI=1S/C33H39N5O6/c1-33(2,3)44-32(41)35-19-18-34-30(39)22-12-15-24(16-13-22)36-31(40)26-21-25-10-8-6-7-9-11-27(38(25)37-26)23-14-17-28(42-4)29(20-23)43-5/h7,9,11-17,20-21H,6,8,10,18-19H2,1-5H3,(H,34,39)(H,35,41)(H,36,40)/b9-7-,27-11-. The molecule has 0 unspecified atom stereocenters. The van der Waals surface area contributed by atoms with Gasteiger partial charge in [-0.2, -0.15) is 5.10 Å². The van der Waals surface area contributed by atoms with Crippen LogP contribution in [-0.4, -0.2) is 60.6 Å². The number of hydrogen-bond acceptors (Lipinski definition) is 7. The summed E-state index contributed by atoms with van der Waals surface area (Å²) in [5, 5.41) is 12.9. The molecule has 1 aromatic heterocycles. The minimum absolute atomic E-state index is 0.225. The summed E-state index contributed by atoms with van der Waals surface area (Å²) in [5.74, 6) is 0.544. The molecule has 11 nitrogen and oxygen atoms in total. The molecule has 3 aromatic rings. The lowest BCUT2D eigenvalue weighted by Crippen LogP contribution is -2.37. The van der Waals surface area contributed by atoms with Gasteiger partial charge in [-0.3, -0.25) is 9.59 Å². The van der Waals surface area contributed by atoms with Gasteiger partial charge >= 0.3 is 6.09 Å². The quantitative estimate of drug-likeness (QED) is 0.288. The molecule has 1 aliphatic rings. The van der Waals surface area contributed by atoms with Crippen molar-refractivity contribution in [1.29, 1.82) is 0 Å². The maximum absolute atomic E-state index is 13.3. The zero-order chi connectivity index (χ0) is 31.7. The van der Waals surface area contributed by atoms with Gasteiger partial charge in [0.1, 0.15) is 5.60 Å². The number of ether oxygens (including phenoxy) is 3. The highest BCUT2D eigenvalue weighted by atomic mass is 16.6. The molecular formula is C33H39N5O6. The van der Waals surface area contributed by atoms with Crippen molar-refractivity contribution in [1.82, 2.24) is 20.4 Å². The third-order valence-corrected chi connectivity index (χ3v) is 6.60. The van der Waals surface area contributed by atoms with E-state index < -0.39 is 11.7 Å². The molecular weight excluding hydrogens is 562 g/mol. The molecule has 0 bridgehead atoms. The summed E-state index contributed by atoms with van der Waals surface area (Å²) in [6.07, 6.45) is 8.11. The molecule has 0 saturated carbocycles. The number of carbonyl (C=O) groups is 3. The summed E-state index contributed by atoms with van der Waals surface area (Å²) in [7, 11) is 3.18. The van der Waals surface area contributed by atoms with Crippen LogP contribution < -0.4 is 25.4 Å². The summed E-state index contributed by atoms with van der Waals surface area (Å²) in [4.78, 5) is 37.5. The van der Waals surface area contributed by atoms with Crippen LogP contribution in [0.5, 0.6) is 11.5 Å². The van der Waals surface area contributed by atoms with Crippen molar-refractivity contribution >= 4 is 29.3 Å². The van der Waals surface area contributed by atoms with Gasteiger partial charge < -0.3 is 30.2 Å². The molecule has 0 atom stereocenters. The van der Waals surface area contributed by atoms with E-state index in [0.29, 0.717) is 22.7 Å². The summed E-state index contributed by atoms with van der Waals surface area (Å²) >= 11 is 0. The van der Waals surface area contributed by atoms with Gasteiger partial charge in [0.05, 0.1) is 19.9 Å². The Labute approximate surface area is 257 Å². The highest BCUT2D eigenvalue weighted by Gasteiger charge is 2.20. The largest absolute Gasteiger partial charge is 0.493 e. The molecule has 3 amide bonds. The summed E-state index contributed by atoms with van der Waals surface area (Å²) in [6.45, 7) is 5.79. The topological polar surface area (TPSA) is 133 Å². The SMILES string of the molecule is COc1ccc(/C2=C/C=C\CCCc3cc(C(=O)Nc4ccc(C(=O)NCCNC(=O)OC(C)(C)C)cc4)nn32)cc1OC. The Balaban J connectivity index is 1.42. The van der Waals surface area contributed by atoms with Crippen LogP contribution in [0.1, 0.15) is 65.7 Å². The van der Waals surface area contributed by atoms with Crippen molar-refractivity contribution in [3.05, 3.63) is 89.3 Å². The van der Waals surface area contributed by atoms with E-state index in [4.69, 9.17) is 19.3 Å². The Morgan fingerprint density at radius 1 is 0.909 bits per heavy atom. The molecule has 4 rings (SSSR count). The van der Waals surface area contributed by atoms with Gasteiger partial charge in [0.25, 0.3) is 11.8 Å². The molecule has 0 aliphatic carbocycles. The van der Waals surface area contributed by atoms with E-state index in [-0.39, 0.29) is 30.6 Å². The molecule has 11 heteroatoms. The number of fused-ring (bicyclic) bond motifs is 1. The number of nitrogens with one attached hydrogen (secondary N) is 3. The van der Waals surface area contributed by atoms with E-state index in [1.54, 1.807) is 63.9 Å². The Hall–Kier alpha value is -5.06. The van der Waals surface area contributed by atoms with Crippen LogP contribution in [0.4, 0.5) is 10.5 Å². The predicted molar refractivity (Wildman–Crippen MR) is 168 cm³/mol. The maximum atomic E-state index is 13.3. The fourth-order valence-corrected chi connectivity index (χ4v) is 4.52. The minimum atomic E-state index is -0.594. The van der Waals surface area contributed by atoms with Gasteiger partial charge in [0.15, 0.2) is 17.2 Å². The second-order valence-electron chi connectivity index (χ2n) is 11.1. The average molecular weight is 602 g/mol. The molecule has 0 spiro atoms. The molecule has 44 heavy (non-hydrogen) atoms. The van der Waals surface area contributed by atoms with Crippen LogP contribution >= 0.6 is 0 Å². The lowest BCUT2D eigenvalue weighted by molar-refractivity contribution is 0.0526. The van der Waals surface area contributed by atoms with Crippen LogP contribution in [0.3, 0.4) is 0 Å².